The molecule has 0 bridgehead atoms. The summed E-state index contributed by atoms with van der Waals surface area (Å²) >= 11 is 0. The highest BCUT2D eigenvalue weighted by Gasteiger charge is 2.34. The number of amides is 2. The molecule has 3 rings (SSSR count). The summed E-state index contributed by atoms with van der Waals surface area (Å²) in [5, 5.41) is 2.81. The molecule has 4 heteroatoms. The van der Waals surface area contributed by atoms with Crippen LogP contribution in [-0.4, -0.2) is 35.8 Å². The molecule has 0 aliphatic carbocycles. The number of hydrogen-bond donors (Lipinski definition) is 1. The first-order chi connectivity index (χ1) is 10.2. The molecule has 2 amide bonds. The number of likely N-dealkylation sites (tertiary alicyclic amines) is 1. The number of benzene rings is 1. The van der Waals surface area contributed by atoms with E-state index < -0.39 is 0 Å². The molecular formula is C17H22N2O2. The Hall–Kier alpha value is -1.84. The normalized spacial score (nSPS) is 25.7. The molecule has 0 saturated carbocycles. The van der Waals surface area contributed by atoms with Gasteiger partial charge in [0.2, 0.25) is 11.8 Å². The van der Waals surface area contributed by atoms with Crippen molar-refractivity contribution in [3.8, 4) is 0 Å². The molecule has 2 fully saturated rings. The second-order valence-electron chi connectivity index (χ2n) is 6.06. The van der Waals surface area contributed by atoms with Crippen LogP contribution in [0.3, 0.4) is 0 Å². The van der Waals surface area contributed by atoms with Crippen LogP contribution in [0.15, 0.2) is 30.3 Å². The van der Waals surface area contributed by atoms with Crippen molar-refractivity contribution in [2.75, 3.05) is 13.1 Å². The Bertz CT molecular complexity index is 505. The third kappa shape index (κ3) is 3.26. The standard InChI is InChI=1S/C17H22N2O2/c20-16-9-8-14(12-18-16)17(21)19-10-4-7-15(19)11-13-5-2-1-3-6-13/h1-3,5-6,14-15H,4,7-12H2,(H,18,20). The van der Waals surface area contributed by atoms with Crippen LogP contribution in [0, 0.1) is 5.92 Å². The maximum Gasteiger partial charge on any atom is 0.227 e. The predicted octanol–water partition coefficient (Wildman–Crippen LogP) is 1.75. The van der Waals surface area contributed by atoms with E-state index >= 15 is 0 Å². The smallest absolute Gasteiger partial charge is 0.227 e. The molecule has 21 heavy (non-hydrogen) atoms. The Morgan fingerprint density at radius 3 is 2.76 bits per heavy atom. The molecule has 1 aromatic carbocycles. The summed E-state index contributed by atoms with van der Waals surface area (Å²) in [5.74, 6) is 0.272. The van der Waals surface area contributed by atoms with Crippen LogP contribution in [0.4, 0.5) is 0 Å². The summed E-state index contributed by atoms with van der Waals surface area (Å²) in [6, 6.07) is 10.7. The average Bonchev–Trinajstić information content (AvgIpc) is 2.96. The zero-order valence-electron chi connectivity index (χ0n) is 12.3. The topological polar surface area (TPSA) is 49.4 Å². The molecule has 0 radical (unpaired) electrons. The minimum atomic E-state index is -0.0286. The number of hydrogen-bond acceptors (Lipinski definition) is 2. The Labute approximate surface area is 125 Å². The zero-order valence-corrected chi connectivity index (χ0v) is 12.3. The van der Waals surface area contributed by atoms with E-state index in [2.05, 4.69) is 22.3 Å². The number of nitrogens with zero attached hydrogens (tertiary/aromatic N) is 1. The molecule has 2 aliphatic rings. The fourth-order valence-corrected chi connectivity index (χ4v) is 3.40. The Morgan fingerprint density at radius 1 is 1.24 bits per heavy atom. The third-order valence-corrected chi connectivity index (χ3v) is 4.59. The van der Waals surface area contributed by atoms with Gasteiger partial charge >= 0.3 is 0 Å². The molecule has 2 heterocycles. The van der Waals surface area contributed by atoms with Gasteiger partial charge in [-0.15, -0.1) is 0 Å². The second-order valence-corrected chi connectivity index (χ2v) is 6.06. The Balaban J connectivity index is 1.63. The van der Waals surface area contributed by atoms with Gasteiger partial charge in [-0.1, -0.05) is 30.3 Å². The number of carbonyl (C=O) groups excluding carboxylic acids is 2. The summed E-state index contributed by atoms with van der Waals surface area (Å²) in [6.45, 7) is 1.37. The Kier molecular flexibility index (Phi) is 4.23. The number of nitrogens with one attached hydrogen (secondary N) is 1. The van der Waals surface area contributed by atoms with Crippen LogP contribution in [-0.2, 0) is 16.0 Å². The van der Waals surface area contributed by atoms with E-state index in [9.17, 15) is 9.59 Å². The van der Waals surface area contributed by atoms with E-state index in [0.717, 1.165) is 25.8 Å². The van der Waals surface area contributed by atoms with E-state index in [4.69, 9.17) is 0 Å². The minimum Gasteiger partial charge on any atom is -0.355 e. The van der Waals surface area contributed by atoms with E-state index in [1.165, 1.54) is 5.56 Å². The predicted molar refractivity (Wildman–Crippen MR) is 80.6 cm³/mol. The monoisotopic (exact) mass is 286 g/mol. The van der Waals surface area contributed by atoms with Gasteiger partial charge in [-0.2, -0.15) is 0 Å². The van der Waals surface area contributed by atoms with Gasteiger partial charge in [0, 0.05) is 25.6 Å². The van der Waals surface area contributed by atoms with Gasteiger partial charge < -0.3 is 10.2 Å². The highest BCUT2D eigenvalue weighted by molar-refractivity contribution is 5.84. The van der Waals surface area contributed by atoms with Crippen molar-refractivity contribution >= 4 is 11.8 Å². The maximum atomic E-state index is 12.7. The number of carbonyl (C=O) groups is 2. The van der Waals surface area contributed by atoms with Gasteiger partial charge in [-0.25, -0.2) is 0 Å². The Morgan fingerprint density at radius 2 is 2.05 bits per heavy atom. The average molecular weight is 286 g/mol. The first kappa shape index (κ1) is 14.1. The molecular weight excluding hydrogens is 264 g/mol. The quantitative estimate of drug-likeness (QED) is 0.920. The van der Waals surface area contributed by atoms with E-state index in [1.54, 1.807) is 0 Å². The van der Waals surface area contributed by atoms with Crippen molar-refractivity contribution < 1.29 is 9.59 Å². The third-order valence-electron chi connectivity index (χ3n) is 4.59. The lowest BCUT2D eigenvalue weighted by molar-refractivity contribution is -0.138. The van der Waals surface area contributed by atoms with Crippen LogP contribution < -0.4 is 5.32 Å². The number of piperidine rings is 1. The molecule has 0 spiro atoms. The second kappa shape index (κ2) is 6.29. The fraction of sp³-hybridized carbons (Fsp3) is 0.529. The molecule has 2 atom stereocenters. The van der Waals surface area contributed by atoms with Gasteiger partial charge in [0.1, 0.15) is 0 Å². The summed E-state index contributed by atoms with van der Waals surface area (Å²) in [6.07, 6.45) is 4.28. The lowest BCUT2D eigenvalue weighted by Crippen LogP contribution is -2.46. The van der Waals surface area contributed by atoms with Crippen LogP contribution >= 0.6 is 0 Å². The number of rotatable bonds is 3. The highest BCUT2D eigenvalue weighted by atomic mass is 16.2. The van der Waals surface area contributed by atoms with E-state index in [1.807, 2.05) is 18.2 Å². The lowest BCUT2D eigenvalue weighted by atomic mass is 9.96. The lowest BCUT2D eigenvalue weighted by Gasteiger charge is -2.30. The summed E-state index contributed by atoms with van der Waals surface area (Å²) in [5.41, 5.74) is 1.29. The van der Waals surface area contributed by atoms with Gasteiger partial charge in [0.05, 0.1) is 5.92 Å². The van der Waals surface area contributed by atoms with Gasteiger partial charge in [0.15, 0.2) is 0 Å². The SMILES string of the molecule is O=C1CCC(C(=O)N2CCCC2Cc2ccccc2)CN1. The van der Waals surface area contributed by atoms with Gasteiger partial charge in [-0.3, -0.25) is 9.59 Å². The first-order valence-corrected chi connectivity index (χ1v) is 7.85. The largest absolute Gasteiger partial charge is 0.355 e. The van der Waals surface area contributed by atoms with Crippen molar-refractivity contribution in [3.05, 3.63) is 35.9 Å². The molecule has 4 nitrogen and oxygen atoms in total. The highest BCUT2D eigenvalue weighted by Crippen LogP contribution is 2.25. The summed E-state index contributed by atoms with van der Waals surface area (Å²) in [7, 11) is 0. The summed E-state index contributed by atoms with van der Waals surface area (Å²) in [4.78, 5) is 26.0. The van der Waals surface area contributed by atoms with Crippen LogP contribution in [0.2, 0.25) is 0 Å². The van der Waals surface area contributed by atoms with Crippen LogP contribution in [0.1, 0.15) is 31.2 Å². The first-order valence-electron chi connectivity index (χ1n) is 7.85. The molecule has 112 valence electrons. The maximum absolute atomic E-state index is 12.7. The fourth-order valence-electron chi connectivity index (χ4n) is 3.40. The molecule has 1 aromatic rings. The van der Waals surface area contributed by atoms with E-state index in [0.29, 0.717) is 25.4 Å². The van der Waals surface area contributed by atoms with Crippen molar-refractivity contribution in [1.29, 1.82) is 0 Å². The van der Waals surface area contributed by atoms with Crippen LogP contribution in [0.5, 0.6) is 0 Å². The molecule has 2 unspecified atom stereocenters. The molecule has 2 aliphatic heterocycles. The van der Waals surface area contributed by atoms with Gasteiger partial charge in [-0.05, 0) is 31.2 Å². The molecule has 1 N–H and O–H groups in total. The minimum absolute atomic E-state index is 0.0286. The van der Waals surface area contributed by atoms with Crippen LogP contribution in [0.25, 0.3) is 0 Å². The summed E-state index contributed by atoms with van der Waals surface area (Å²) < 4.78 is 0. The van der Waals surface area contributed by atoms with Crippen molar-refractivity contribution in [2.45, 2.75) is 38.1 Å². The van der Waals surface area contributed by atoms with Crippen molar-refractivity contribution in [2.24, 2.45) is 5.92 Å². The van der Waals surface area contributed by atoms with Crippen molar-refractivity contribution in [3.63, 3.8) is 0 Å². The van der Waals surface area contributed by atoms with E-state index in [-0.39, 0.29) is 17.7 Å². The zero-order chi connectivity index (χ0) is 14.7. The molecule has 0 aromatic heterocycles. The molecule has 2 saturated heterocycles. The van der Waals surface area contributed by atoms with Gasteiger partial charge in [0.25, 0.3) is 0 Å². The van der Waals surface area contributed by atoms with Crippen molar-refractivity contribution in [1.82, 2.24) is 10.2 Å².